The molecule has 0 unspecified atom stereocenters. The Balaban J connectivity index is 1.98. The summed E-state index contributed by atoms with van der Waals surface area (Å²) in [4.78, 5) is 46.7. The summed E-state index contributed by atoms with van der Waals surface area (Å²) in [5.74, 6) is -1.73. The maximum absolute atomic E-state index is 11.6. The normalized spacial score (nSPS) is 23.8. The Morgan fingerprint density at radius 2 is 1.83 bits per heavy atom. The lowest BCUT2D eigenvalue weighted by Crippen LogP contribution is -2.52. The van der Waals surface area contributed by atoms with Gasteiger partial charge in [0.2, 0.25) is 5.28 Å². The van der Waals surface area contributed by atoms with Crippen molar-refractivity contribution in [2.24, 2.45) is 0 Å². The van der Waals surface area contributed by atoms with Gasteiger partial charge in [0.15, 0.2) is 16.9 Å². The van der Waals surface area contributed by atoms with E-state index in [1.807, 2.05) is 0 Å². The monoisotopic (exact) mass is 460 g/mol. The highest BCUT2D eigenvalue weighted by molar-refractivity contribution is 6.35. The van der Waals surface area contributed by atoms with Crippen molar-refractivity contribution in [3.63, 3.8) is 0 Å². The molecule has 0 amide bonds. The molecule has 2 aromatic rings. The van der Waals surface area contributed by atoms with Gasteiger partial charge in [-0.2, -0.15) is 4.98 Å². The smallest absolute Gasteiger partial charge is 0.303 e. The van der Waals surface area contributed by atoms with Gasteiger partial charge in [0.25, 0.3) is 0 Å². The average Bonchev–Trinajstić information content (AvgIpc) is 3.05. The van der Waals surface area contributed by atoms with E-state index in [0.717, 1.165) is 0 Å². The van der Waals surface area contributed by atoms with Gasteiger partial charge < -0.3 is 18.9 Å². The van der Waals surface area contributed by atoms with Crippen LogP contribution in [0.4, 0.5) is 0 Å². The second kappa shape index (κ2) is 9.11. The highest BCUT2D eigenvalue weighted by Crippen LogP contribution is 2.34. The molecule has 0 bridgehead atoms. The van der Waals surface area contributed by atoms with Crippen molar-refractivity contribution in [1.82, 2.24) is 19.5 Å². The first kappa shape index (κ1) is 22.2. The molecular formula is C17H18Cl2N4O7. The Morgan fingerprint density at radius 1 is 1.13 bits per heavy atom. The zero-order valence-electron chi connectivity index (χ0n) is 16.2. The zero-order valence-corrected chi connectivity index (χ0v) is 17.7. The van der Waals surface area contributed by atoms with E-state index in [2.05, 4.69) is 15.0 Å². The Bertz CT molecular complexity index is 982. The number of hydrogen-bond donors (Lipinski definition) is 0. The topological polar surface area (TPSA) is 132 Å². The number of carbonyl (C=O) groups is 3. The Hall–Kier alpha value is -2.50. The van der Waals surface area contributed by atoms with E-state index < -0.39 is 42.4 Å². The highest BCUT2D eigenvalue weighted by Gasteiger charge is 2.44. The molecule has 2 aromatic heterocycles. The molecule has 0 radical (unpaired) electrons. The molecule has 0 aromatic carbocycles. The van der Waals surface area contributed by atoms with Gasteiger partial charge in [-0.25, -0.2) is 9.97 Å². The van der Waals surface area contributed by atoms with Gasteiger partial charge in [-0.05, 0) is 11.6 Å². The average molecular weight is 461 g/mol. The third kappa shape index (κ3) is 4.97. The van der Waals surface area contributed by atoms with Crippen LogP contribution in [0.15, 0.2) is 6.33 Å². The molecule has 4 atom stereocenters. The van der Waals surface area contributed by atoms with Gasteiger partial charge >= 0.3 is 17.9 Å². The lowest BCUT2D eigenvalue weighted by Gasteiger charge is -2.40. The van der Waals surface area contributed by atoms with Crippen molar-refractivity contribution >= 4 is 52.3 Å². The third-order valence-corrected chi connectivity index (χ3v) is 4.66. The number of aromatic nitrogens is 4. The minimum absolute atomic E-state index is 0.0605. The number of imidazole rings is 1. The Labute approximate surface area is 180 Å². The minimum Gasteiger partial charge on any atom is -0.463 e. The zero-order chi connectivity index (χ0) is 22.0. The van der Waals surface area contributed by atoms with Gasteiger partial charge in [-0.3, -0.25) is 19.0 Å². The molecule has 1 saturated heterocycles. The maximum atomic E-state index is 11.6. The maximum Gasteiger partial charge on any atom is 0.303 e. The molecule has 0 N–H and O–H groups in total. The lowest BCUT2D eigenvalue weighted by atomic mass is 10.00. The first-order valence-electron chi connectivity index (χ1n) is 8.84. The van der Waals surface area contributed by atoms with Crippen LogP contribution in [0.2, 0.25) is 10.4 Å². The summed E-state index contributed by atoms with van der Waals surface area (Å²) in [7, 11) is 0. The van der Waals surface area contributed by atoms with Crippen LogP contribution >= 0.6 is 23.2 Å². The molecule has 0 aliphatic carbocycles. The first-order valence-corrected chi connectivity index (χ1v) is 9.60. The van der Waals surface area contributed by atoms with Gasteiger partial charge in [0.1, 0.15) is 30.6 Å². The highest BCUT2D eigenvalue weighted by atomic mass is 35.5. The predicted molar refractivity (Wildman–Crippen MR) is 102 cm³/mol. The van der Waals surface area contributed by atoms with E-state index in [9.17, 15) is 14.4 Å². The SMILES string of the molecule is CC(=O)OC[C@H]1O[C@@H](n2cnc3c(Cl)nc(Cl)nc32)C[C@@H](OC(C)=O)[C@H]1OC(C)=O. The summed E-state index contributed by atoms with van der Waals surface area (Å²) in [6.45, 7) is 3.44. The molecule has 0 saturated carbocycles. The number of rotatable bonds is 5. The quantitative estimate of drug-likeness (QED) is 0.281. The van der Waals surface area contributed by atoms with Crippen molar-refractivity contribution in [3.05, 3.63) is 16.8 Å². The van der Waals surface area contributed by atoms with Crippen LogP contribution in [0.5, 0.6) is 0 Å². The van der Waals surface area contributed by atoms with Crippen LogP contribution in [0.3, 0.4) is 0 Å². The summed E-state index contributed by atoms with van der Waals surface area (Å²) in [5.41, 5.74) is 0.594. The molecule has 1 fully saturated rings. The fourth-order valence-corrected chi connectivity index (χ4v) is 3.58. The molecule has 13 heteroatoms. The summed E-state index contributed by atoms with van der Waals surface area (Å²) >= 11 is 12.0. The standard InChI is InChI=1S/C17H18Cl2N4O7/c1-7(24)27-5-11-14(29-9(3)26)10(28-8(2)25)4-12(30-11)23-6-20-13-15(18)21-17(19)22-16(13)23/h6,10-12,14H,4-5H2,1-3H3/t10-,11-,12-,14-/m1/s1. The van der Waals surface area contributed by atoms with Crippen molar-refractivity contribution < 1.29 is 33.3 Å². The van der Waals surface area contributed by atoms with E-state index in [1.165, 1.54) is 31.7 Å². The molecule has 3 rings (SSSR count). The molecule has 11 nitrogen and oxygen atoms in total. The van der Waals surface area contributed by atoms with Crippen LogP contribution in [-0.2, 0) is 33.3 Å². The van der Waals surface area contributed by atoms with Gasteiger partial charge in [0, 0.05) is 27.2 Å². The summed E-state index contributed by atoms with van der Waals surface area (Å²) < 4.78 is 23.3. The van der Waals surface area contributed by atoms with Gasteiger partial charge in [0.05, 0.1) is 6.33 Å². The fourth-order valence-electron chi connectivity index (χ4n) is 3.16. The number of esters is 3. The van der Waals surface area contributed by atoms with E-state index in [1.54, 1.807) is 0 Å². The largest absolute Gasteiger partial charge is 0.463 e. The van der Waals surface area contributed by atoms with Crippen molar-refractivity contribution in [1.29, 1.82) is 0 Å². The number of halogens is 2. The molecule has 3 heterocycles. The van der Waals surface area contributed by atoms with E-state index >= 15 is 0 Å². The van der Waals surface area contributed by atoms with Gasteiger partial charge in [-0.15, -0.1) is 0 Å². The van der Waals surface area contributed by atoms with E-state index in [0.29, 0.717) is 11.2 Å². The van der Waals surface area contributed by atoms with E-state index in [-0.39, 0.29) is 23.5 Å². The van der Waals surface area contributed by atoms with Crippen molar-refractivity contribution in [2.75, 3.05) is 6.61 Å². The predicted octanol–water partition coefficient (Wildman–Crippen LogP) is 1.85. The van der Waals surface area contributed by atoms with Crippen LogP contribution in [0.1, 0.15) is 33.4 Å². The molecule has 30 heavy (non-hydrogen) atoms. The number of fused-ring (bicyclic) bond motifs is 1. The Kier molecular flexibility index (Phi) is 6.74. The summed E-state index contributed by atoms with van der Waals surface area (Å²) in [6, 6.07) is 0. The van der Waals surface area contributed by atoms with Crippen LogP contribution in [0, 0.1) is 0 Å². The summed E-state index contributed by atoms with van der Waals surface area (Å²) in [6.07, 6.45) is -2.04. The Morgan fingerprint density at radius 3 is 2.47 bits per heavy atom. The second-order valence-corrected chi connectivity index (χ2v) is 7.19. The number of carbonyl (C=O) groups excluding carboxylic acids is 3. The molecule has 0 spiro atoms. The van der Waals surface area contributed by atoms with Crippen LogP contribution < -0.4 is 0 Å². The molecular weight excluding hydrogens is 443 g/mol. The van der Waals surface area contributed by atoms with Crippen molar-refractivity contribution in [3.8, 4) is 0 Å². The third-order valence-electron chi connectivity index (χ3n) is 4.23. The molecule has 1 aliphatic rings. The molecule has 162 valence electrons. The van der Waals surface area contributed by atoms with Crippen LogP contribution in [0.25, 0.3) is 11.2 Å². The number of ether oxygens (including phenoxy) is 4. The van der Waals surface area contributed by atoms with Gasteiger partial charge in [-0.1, -0.05) is 11.6 Å². The summed E-state index contributed by atoms with van der Waals surface area (Å²) in [5, 5.41) is -0.0267. The first-order chi connectivity index (χ1) is 14.2. The minimum atomic E-state index is -0.987. The number of nitrogens with zero attached hydrogens (tertiary/aromatic N) is 4. The lowest BCUT2D eigenvalue weighted by molar-refractivity contribution is -0.226. The van der Waals surface area contributed by atoms with Crippen LogP contribution in [-0.4, -0.2) is 62.3 Å². The number of hydrogen-bond acceptors (Lipinski definition) is 10. The fraction of sp³-hybridized carbons (Fsp3) is 0.529. The molecule has 1 aliphatic heterocycles. The second-order valence-electron chi connectivity index (χ2n) is 6.50. The van der Waals surface area contributed by atoms with Crippen molar-refractivity contribution in [2.45, 2.75) is 51.7 Å². The van der Waals surface area contributed by atoms with E-state index in [4.69, 9.17) is 42.1 Å².